The Morgan fingerprint density at radius 2 is 2.22 bits per heavy atom. The van der Waals surface area contributed by atoms with Gasteiger partial charge in [-0.25, -0.2) is 4.98 Å². The molecule has 0 saturated heterocycles. The van der Waals surface area contributed by atoms with Crippen LogP contribution in [-0.2, 0) is 0 Å². The van der Waals surface area contributed by atoms with E-state index in [0.29, 0.717) is 12.1 Å². The number of nitrogens with zero attached hydrogens (tertiary/aromatic N) is 2. The number of pyridine rings is 1. The molecular weight excluding hydrogens is 230 g/mol. The number of aromatic nitrogens is 1. The van der Waals surface area contributed by atoms with Crippen LogP contribution in [0.4, 0.5) is 5.82 Å². The number of amides is 1. The summed E-state index contributed by atoms with van der Waals surface area (Å²) in [6.45, 7) is 0.321. The Morgan fingerprint density at radius 3 is 2.67 bits per heavy atom. The molecule has 1 amide bonds. The number of anilines is 1. The largest absolute Gasteiger partial charge is 0.388 e. The summed E-state index contributed by atoms with van der Waals surface area (Å²) < 4.78 is 0. The maximum atomic E-state index is 11.8. The Morgan fingerprint density at radius 1 is 1.50 bits per heavy atom. The third kappa shape index (κ3) is 2.79. The summed E-state index contributed by atoms with van der Waals surface area (Å²) in [4.78, 5) is 17.9. The molecule has 1 aromatic heterocycles. The number of aliphatic hydroxyl groups is 1. The number of rotatable bonds is 4. The Labute approximate surface area is 107 Å². The minimum atomic E-state index is -0.688. The molecule has 1 aliphatic rings. The number of nitrogens with one attached hydrogen (secondary N) is 1. The maximum absolute atomic E-state index is 11.8. The molecule has 0 bridgehead atoms. The van der Waals surface area contributed by atoms with Gasteiger partial charge in [0.1, 0.15) is 5.82 Å². The van der Waals surface area contributed by atoms with Crippen molar-refractivity contribution in [3.63, 3.8) is 0 Å². The van der Waals surface area contributed by atoms with Crippen molar-refractivity contribution in [1.29, 1.82) is 0 Å². The summed E-state index contributed by atoms with van der Waals surface area (Å²) in [7, 11) is 3.79. The Bertz CT molecular complexity index is 424. The van der Waals surface area contributed by atoms with E-state index in [4.69, 9.17) is 0 Å². The summed E-state index contributed by atoms with van der Waals surface area (Å²) in [6, 6.07) is 3.54. The summed E-state index contributed by atoms with van der Waals surface area (Å²) >= 11 is 0. The van der Waals surface area contributed by atoms with Gasteiger partial charge in [0.15, 0.2) is 0 Å². The van der Waals surface area contributed by atoms with Crippen LogP contribution in [0.15, 0.2) is 18.3 Å². The first-order valence-corrected chi connectivity index (χ1v) is 6.14. The highest BCUT2D eigenvalue weighted by Gasteiger charge is 2.34. The van der Waals surface area contributed by atoms with Crippen LogP contribution in [0.2, 0.25) is 0 Å². The molecule has 0 aliphatic heterocycles. The van der Waals surface area contributed by atoms with Crippen molar-refractivity contribution < 1.29 is 9.90 Å². The van der Waals surface area contributed by atoms with Crippen LogP contribution in [0.5, 0.6) is 0 Å². The van der Waals surface area contributed by atoms with Crippen LogP contribution in [0.3, 0.4) is 0 Å². The molecule has 1 fully saturated rings. The lowest BCUT2D eigenvalue weighted by Crippen LogP contribution is -2.47. The highest BCUT2D eigenvalue weighted by Crippen LogP contribution is 2.30. The van der Waals surface area contributed by atoms with E-state index in [1.54, 1.807) is 18.3 Å². The molecule has 2 rings (SSSR count). The lowest BCUT2D eigenvalue weighted by atomic mass is 9.80. The molecule has 0 radical (unpaired) electrons. The van der Waals surface area contributed by atoms with Crippen LogP contribution < -0.4 is 10.2 Å². The molecule has 0 unspecified atom stereocenters. The van der Waals surface area contributed by atoms with Crippen LogP contribution >= 0.6 is 0 Å². The van der Waals surface area contributed by atoms with Crippen molar-refractivity contribution in [1.82, 2.24) is 10.3 Å². The molecular formula is C13H19N3O2. The van der Waals surface area contributed by atoms with E-state index < -0.39 is 5.60 Å². The lowest BCUT2D eigenvalue weighted by Gasteiger charge is -2.36. The second-order valence-electron chi connectivity index (χ2n) is 5.06. The summed E-state index contributed by atoms with van der Waals surface area (Å²) in [6.07, 6.45) is 4.12. The van der Waals surface area contributed by atoms with E-state index in [0.717, 1.165) is 25.1 Å². The van der Waals surface area contributed by atoms with Crippen LogP contribution in [0.25, 0.3) is 0 Å². The minimum Gasteiger partial charge on any atom is -0.388 e. The van der Waals surface area contributed by atoms with Crippen LogP contribution in [0, 0.1) is 0 Å². The monoisotopic (exact) mass is 249 g/mol. The van der Waals surface area contributed by atoms with Crippen molar-refractivity contribution in [2.24, 2.45) is 0 Å². The molecule has 98 valence electrons. The number of carbonyl (C=O) groups excluding carboxylic acids is 1. The van der Waals surface area contributed by atoms with Gasteiger partial charge in [-0.3, -0.25) is 4.79 Å². The summed E-state index contributed by atoms with van der Waals surface area (Å²) in [5, 5.41) is 12.6. The van der Waals surface area contributed by atoms with Gasteiger partial charge in [0.05, 0.1) is 11.2 Å². The standard InChI is InChI=1S/C13H19N3O2/c1-16(2)11-5-4-10(8-14-11)12(17)15-9-13(18)6-3-7-13/h4-5,8,18H,3,6-7,9H2,1-2H3,(H,15,17). The average Bonchev–Trinajstić information content (AvgIpc) is 2.33. The van der Waals surface area contributed by atoms with E-state index in [9.17, 15) is 9.90 Å². The molecule has 1 aromatic rings. The zero-order valence-electron chi connectivity index (χ0n) is 10.8. The third-order valence-corrected chi connectivity index (χ3v) is 3.33. The van der Waals surface area contributed by atoms with Gasteiger partial charge >= 0.3 is 0 Å². The van der Waals surface area contributed by atoms with Crippen molar-refractivity contribution in [2.45, 2.75) is 24.9 Å². The van der Waals surface area contributed by atoms with E-state index in [1.807, 2.05) is 19.0 Å². The molecule has 1 saturated carbocycles. The van der Waals surface area contributed by atoms with Gasteiger partial charge in [-0.15, -0.1) is 0 Å². The topological polar surface area (TPSA) is 65.5 Å². The smallest absolute Gasteiger partial charge is 0.252 e. The molecule has 18 heavy (non-hydrogen) atoms. The molecule has 1 aliphatic carbocycles. The van der Waals surface area contributed by atoms with Gasteiger partial charge in [0, 0.05) is 26.8 Å². The molecule has 0 spiro atoms. The van der Waals surface area contributed by atoms with E-state index in [-0.39, 0.29) is 5.91 Å². The first kappa shape index (κ1) is 12.8. The molecule has 5 nitrogen and oxygen atoms in total. The zero-order valence-corrected chi connectivity index (χ0v) is 10.8. The quantitative estimate of drug-likeness (QED) is 0.828. The Balaban J connectivity index is 1.92. The van der Waals surface area contributed by atoms with Crippen LogP contribution in [0.1, 0.15) is 29.6 Å². The molecule has 5 heteroatoms. The fraction of sp³-hybridized carbons (Fsp3) is 0.538. The number of hydrogen-bond acceptors (Lipinski definition) is 4. The van der Waals surface area contributed by atoms with Crippen molar-refractivity contribution >= 4 is 11.7 Å². The first-order chi connectivity index (χ1) is 8.50. The van der Waals surface area contributed by atoms with E-state index in [1.165, 1.54) is 0 Å². The van der Waals surface area contributed by atoms with E-state index >= 15 is 0 Å². The first-order valence-electron chi connectivity index (χ1n) is 6.14. The maximum Gasteiger partial charge on any atom is 0.252 e. The Hall–Kier alpha value is -1.62. The zero-order chi connectivity index (χ0) is 13.2. The fourth-order valence-electron chi connectivity index (χ4n) is 1.89. The predicted octanol–water partition coefficient (Wildman–Crippen LogP) is 0.792. The van der Waals surface area contributed by atoms with Crippen molar-refractivity contribution in [3.05, 3.63) is 23.9 Å². The second-order valence-corrected chi connectivity index (χ2v) is 5.06. The Kier molecular flexibility index (Phi) is 3.52. The van der Waals surface area contributed by atoms with Gasteiger partial charge in [0.2, 0.25) is 0 Å². The van der Waals surface area contributed by atoms with E-state index in [2.05, 4.69) is 10.3 Å². The molecule has 0 aromatic carbocycles. The summed E-state index contributed by atoms with van der Waals surface area (Å²) in [5.41, 5.74) is -0.171. The highest BCUT2D eigenvalue weighted by atomic mass is 16.3. The summed E-state index contributed by atoms with van der Waals surface area (Å²) in [5.74, 6) is 0.623. The van der Waals surface area contributed by atoms with Crippen molar-refractivity contribution in [3.8, 4) is 0 Å². The lowest BCUT2D eigenvalue weighted by molar-refractivity contribution is -0.0300. The molecule has 1 heterocycles. The van der Waals surface area contributed by atoms with Gasteiger partial charge in [-0.2, -0.15) is 0 Å². The third-order valence-electron chi connectivity index (χ3n) is 3.33. The van der Waals surface area contributed by atoms with Gasteiger partial charge in [-0.05, 0) is 31.4 Å². The predicted molar refractivity (Wildman–Crippen MR) is 69.7 cm³/mol. The van der Waals surface area contributed by atoms with Gasteiger partial charge in [-0.1, -0.05) is 0 Å². The molecule has 2 N–H and O–H groups in total. The minimum absolute atomic E-state index is 0.187. The average molecular weight is 249 g/mol. The normalized spacial score (nSPS) is 16.8. The fourth-order valence-corrected chi connectivity index (χ4v) is 1.89. The number of carbonyl (C=O) groups is 1. The van der Waals surface area contributed by atoms with Crippen molar-refractivity contribution in [2.75, 3.05) is 25.5 Å². The number of hydrogen-bond donors (Lipinski definition) is 2. The van der Waals surface area contributed by atoms with Crippen LogP contribution in [-0.4, -0.2) is 42.2 Å². The van der Waals surface area contributed by atoms with Gasteiger partial charge in [0.25, 0.3) is 5.91 Å². The highest BCUT2D eigenvalue weighted by molar-refractivity contribution is 5.94. The second kappa shape index (κ2) is 4.94. The van der Waals surface area contributed by atoms with Gasteiger partial charge < -0.3 is 15.3 Å². The molecule has 0 atom stereocenters. The SMILES string of the molecule is CN(C)c1ccc(C(=O)NCC2(O)CCC2)cn1.